The van der Waals surface area contributed by atoms with Crippen molar-refractivity contribution in [3.8, 4) is 23.0 Å². The van der Waals surface area contributed by atoms with Crippen LogP contribution in [0.25, 0.3) is 11.5 Å². The number of carbonyl (C=O) groups excluding carboxylic acids is 1. The summed E-state index contributed by atoms with van der Waals surface area (Å²) >= 11 is 1.26. The van der Waals surface area contributed by atoms with E-state index in [-0.39, 0.29) is 5.91 Å². The number of benzene rings is 1. The van der Waals surface area contributed by atoms with Crippen LogP contribution in [-0.2, 0) is 4.79 Å². The van der Waals surface area contributed by atoms with Crippen LogP contribution in [0.3, 0.4) is 0 Å². The van der Waals surface area contributed by atoms with Gasteiger partial charge in [-0.1, -0.05) is 11.8 Å². The zero-order valence-electron chi connectivity index (χ0n) is 15.2. The molecule has 2 aromatic rings. The van der Waals surface area contributed by atoms with Gasteiger partial charge in [0, 0.05) is 18.7 Å². The van der Waals surface area contributed by atoms with E-state index in [4.69, 9.17) is 13.9 Å². The van der Waals surface area contributed by atoms with Crippen LogP contribution in [0.4, 0.5) is 0 Å². The molecule has 0 radical (unpaired) electrons. The zero-order chi connectivity index (χ0) is 18.5. The number of carbonyl (C=O) groups is 1. The smallest absolute Gasteiger partial charge is 0.277 e. The SMILES string of the molecule is COc1ccc(-c2nnc(SCC(=O)N3CCCC[C@H]3C)o2)c(OC)c1. The largest absolute Gasteiger partial charge is 0.497 e. The third kappa shape index (κ3) is 4.12. The Bertz CT molecular complexity index is 765. The summed E-state index contributed by atoms with van der Waals surface area (Å²) in [4.78, 5) is 14.4. The fraction of sp³-hybridized carbons (Fsp3) is 0.500. The monoisotopic (exact) mass is 377 g/mol. The lowest BCUT2D eigenvalue weighted by Gasteiger charge is -2.33. The Hall–Kier alpha value is -2.22. The van der Waals surface area contributed by atoms with Gasteiger partial charge in [-0.15, -0.1) is 10.2 Å². The number of thioether (sulfide) groups is 1. The maximum Gasteiger partial charge on any atom is 0.277 e. The maximum atomic E-state index is 12.4. The third-order valence-corrected chi connectivity index (χ3v) is 5.29. The number of ether oxygens (including phenoxy) is 2. The Kier molecular flexibility index (Phi) is 6.03. The predicted molar refractivity (Wildman–Crippen MR) is 98.6 cm³/mol. The molecule has 1 aromatic heterocycles. The first-order valence-corrected chi connectivity index (χ1v) is 9.59. The molecule has 1 atom stereocenters. The van der Waals surface area contributed by atoms with E-state index < -0.39 is 0 Å². The number of piperidine rings is 1. The number of rotatable bonds is 6. The van der Waals surface area contributed by atoms with Crippen LogP contribution in [0.2, 0.25) is 0 Å². The van der Waals surface area contributed by atoms with Crippen LogP contribution in [-0.4, -0.2) is 53.6 Å². The van der Waals surface area contributed by atoms with Crippen molar-refractivity contribution in [1.82, 2.24) is 15.1 Å². The molecule has 0 bridgehead atoms. The predicted octanol–water partition coefficient (Wildman–Crippen LogP) is 3.25. The molecule has 0 unspecified atom stereocenters. The van der Waals surface area contributed by atoms with Crippen LogP contribution < -0.4 is 9.47 Å². The molecule has 0 spiro atoms. The van der Waals surface area contributed by atoms with Crippen LogP contribution >= 0.6 is 11.8 Å². The number of methoxy groups -OCH3 is 2. The minimum Gasteiger partial charge on any atom is -0.497 e. The fourth-order valence-electron chi connectivity index (χ4n) is 3.03. The van der Waals surface area contributed by atoms with Crippen molar-refractivity contribution in [2.45, 2.75) is 37.5 Å². The standard InChI is InChI=1S/C18H23N3O4S/c1-12-6-4-5-9-21(12)16(22)11-26-18-20-19-17(25-18)14-8-7-13(23-2)10-15(14)24-3/h7-8,10,12H,4-6,9,11H2,1-3H3/t12-/m1/s1. The highest BCUT2D eigenvalue weighted by atomic mass is 32.2. The van der Waals surface area contributed by atoms with Crippen molar-refractivity contribution in [3.05, 3.63) is 18.2 Å². The molecule has 0 saturated carbocycles. The number of hydrogen-bond acceptors (Lipinski definition) is 7. The van der Waals surface area contributed by atoms with Crippen LogP contribution in [0.1, 0.15) is 26.2 Å². The van der Waals surface area contributed by atoms with E-state index >= 15 is 0 Å². The first-order chi connectivity index (χ1) is 12.6. The van der Waals surface area contributed by atoms with Gasteiger partial charge in [0.25, 0.3) is 11.1 Å². The Morgan fingerprint density at radius 1 is 1.31 bits per heavy atom. The average Bonchev–Trinajstić information content (AvgIpc) is 3.14. The maximum absolute atomic E-state index is 12.4. The highest BCUT2D eigenvalue weighted by molar-refractivity contribution is 7.99. The van der Waals surface area contributed by atoms with Crippen molar-refractivity contribution >= 4 is 17.7 Å². The van der Waals surface area contributed by atoms with E-state index in [1.807, 2.05) is 4.90 Å². The van der Waals surface area contributed by atoms with E-state index in [1.54, 1.807) is 32.4 Å². The quantitative estimate of drug-likeness (QED) is 0.715. The van der Waals surface area contributed by atoms with Crippen LogP contribution in [0.5, 0.6) is 11.5 Å². The van der Waals surface area contributed by atoms with Gasteiger partial charge in [-0.3, -0.25) is 4.79 Å². The summed E-state index contributed by atoms with van der Waals surface area (Å²) in [7, 11) is 3.17. The van der Waals surface area contributed by atoms with Crippen molar-refractivity contribution in [3.63, 3.8) is 0 Å². The lowest BCUT2D eigenvalue weighted by Crippen LogP contribution is -2.42. The highest BCUT2D eigenvalue weighted by Gasteiger charge is 2.24. The van der Waals surface area contributed by atoms with Gasteiger partial charge in [0.15, 0.2) is 0 Å². The summed E-state index contributed by atoms with van der Waals surface area (Å²) in [6.45, 7) is 2.93. The summed E-state index contributed by atoms with van der Waals surface area (Å²) < 4.78 is 16.3. The second-order valence-electron chi connectivity index (χ2n) is 6.16. The second kappa shape index (κ2) is 8.44. The Labute approximate surface area is 157 Å². The molecular formula is C18H23N3O4S. The molecule has 0 N–H and O–H groups in total. The van der Waals surface area contributed by atoms with Crippen molar-refractivity contribution in [1.29, 1.82) is 0 Å². The molecule has 1 amide bonds. The summed E-state index contributed by atoms with van der Waals surface area (Å²) in [5, 5.41) is 8.48. The van der Waals surface area contributed by atoms with Crippen molar-refractivity contribution < 1.29 is 18.7 Å². The molecule has 26 heavy (non-hydrogen) atoms. The molecule has 2 heterocycles. The number of nitrogens with zero attached hydrogens (tertiary/aromatic N) is 3. The lowest BCUT2D eigenvalue weighted by atomic mass is 10.0. The summed E-state index contributed by atoms with van der Waals surface area (Å²) in [5.74, 6) is 2.03. The van der Waals surface area contributed by atoms with Gasteiger partial charge >= 0.3 is 0 Å². The number of hydrogen-bond donors (Lipinski definition) is 0. The number of amides is 1. The van der Waals surface area contributed by atoms with Crippen molar-refractivity contribution in [2.24, 2.45) is 0 Å². The van der Waals surface area contributed by atoms with Gasteiger partial charge in [0.05, 0.1) is 25.5 Å². The molecule has 1 aliphatic rings. The number of likely N-dealkylation sites (tertiary alicyclic amines) is 1. The molecule has 1 aromatic carbocycles. The minimum atomic E-state index is 0.115. The summed E-state index contributed by atoms with van der Waals surface area (Å²) in [5.41, 5.74) is 0.684. The molecule has 1 aliphatic heterocycles. The van der Waals surface area contributed by atoms with E-state index in [2.05, 4.69) is 17.1 Å². The lowest BCUT2D eigenvalue weighted by molar-refractivity contribution is -0.131. The van der Waals surface area contributed by atoms with Gasteiger partial charge in [-0.25, -0.2) is 0 Å². The van der Waals surface area contributed by atoms with Gasteiger partial charge < -0.3 is 18.8 Å². The van der Waals surface area contributed by atoms with E-state index in [0.717, 1.165) is 19.4 Å². The summed E-state index contributed by atoms with van der Waals surface area (Å²) in [6.07, 6.45) is 3.33. The molecular weight excluding hydrogens is 354 g/mol. The third-order valence-electron chi connectivity index (χ3n) is 4.49. The molecule has 8 heteroatoms. The van der Waals surface area contributed by atoms with E-state index in [9.17, 15) is 4.79 Å². The van der Waals surface area contributed by atoms with E-state index in [1.165, 1.54) is 18.2 Å². The zero-order valence-corrected chi connectivity index (χ0v) is 16.0. The normalized spacial score (nSPS) is 17.2. The fourth-order valence-corrected chi connectivity index (χ4v) is 3.68. The minimum absolute atomic E-state index is 0.115. The Morgan fingerprint density at radius 3 is 2.88 bits per heavy atom. The van der Waals surface area contributed by atoms with E-state index in [0.29, 0.717) is 40.0 Å². The van der Waals surface area contributed by atoms with Gasteiger partial charge in [0.2, 0.25) is 5.91 Å². The molecule has 140 valence electrons. The molecule has 0 aliphatic carbocycles. The molecule has 3 rings (SSSR count). The van der Waals surface area contributed by atoms with Gasteiger partial charge in [-0.2, -0.15) is 0 Å². The first-order valence-electron chi connectivity index (χ1n) is 8.60. The first kappa shape index (κ1) is 18.6. The second-order valence-corrected chi connectivity index (χ2v) is 7.09. The topological polar surface area (TPSA) is 77.7 Å². The Balaban J connectivity index is 1.66. The van der Waals surface area contributed by atoms with Gasteiger partial charge in [-0.05, 0) is 38.3 Å². The molecule has 7 nitrogen and oxygen atoms in total. The summed E-state index contributed by atoms with van der Waals surface area (Å²) in [6, 6.07) is 5.67. The van der Waals surface area contributed by atoms with Crippen molar-refractivity contribution in [2.75, 3.05) is 26.5 Å². The van der Waals surface area contributed by atoms with Crippen LogP contribution in [0.15, 0.2) is 27.8 Å². The average molecular weight is 377 g/mol. The highest BCUT2D eigenvalue weighted by Crippen LogP contribution is 2.33. The molecule has 1 saturated heterocycles. The Morgan fingerprint density at radius 2 is 2.15 bits per heavy atom. The molecule has 1 fully saturated rings. The van der Waals surface area contributed by atoms with Gasteiger partial charge in [0.1, 0.15) is 11.5 Å². The van der Waals surface area contributed by atoms with Crippen LogP contribution in [0, 0.1) is 0 Å². The number of aromatic nitrogens is 2.